The van der Waals surface area contributed by atoms with E-state index in [9.17, 15) is 4.79 Å². The Bertz CT molecular complexity index is 268. The maximum Gasteiger partial charge on any atom is 0.225 e. The Morgan fingerprint density at radius 1 is 1.22 bits per heavy atom. The van der Waals surface area contributed by atoms with Crippen molar-refractivity contribution >= 4 is 5.91 Å². The zero-order valence-corrected chi connectivity index (χ0v) is 12.4. The minimum absolute atomic E-state index is 0.189. The van der Waals surface area contributed by atoms with E-state index in [2.05, 4.69) is 25.9 Å². The number of carbonyl (C=O) groups is 1. The zero-order valence-electron chi connectivity index (χ0n) is 12.4. The van der Waals surface area contributed by atoms with E-state index >= 15 is 0 Å². The van der Waals surface area contributed by atoms with Crippen molar-refractivity contribution in [2.45, 2.75) is 38.6 Å². The van der Waals surface area contributed by atoms with Gasteiger partial charge in [0.2, 0.25) is 5.91 Å². The van der Waals surface area contributed by atoms with Crippen molar-refractivity contribution in [2.24, 2.45) is 17.6 Å². The summed E-state index contributed by atoms with van der Waals surface area (Å²) in [7, 11) is 6.05. The van der Waals surface area contributed by atoms with Crippen LogP contribution < -0.4 is 5.73 Å². The lowest BCUT2D eigenvalue weighted by Crippen LogP contribution is -2.42. The van der Waals surface area contributed by atoms with E-state index in [-0.39, 0.29) is 5.92 Å². The molecule has 0 aromatic rings. The third-order valence-corrected chi connectivity index (χ3v) is 4.00. The van der Waals surface area contributed by atoms with Gasteiger partial charge in [0.25, 0.3) is 0 Å². The maximum atomic E-state index is 12.4. The van der Waals surface area contributed by atoms with Crippen molar-refractivity contribution < 1.29 is 4.79 Å². The van der Waals surface area contributed by atoms with Gasteiger partial charge in [0.15, 0.2) is 0 Å². The minimum atomic E-state index is 0.189. The van der Waals surface area contributed by atoms with Crippen molar-refractivity contribution in [3.8, 4) is 0 Å². The van der Waals surface area contributed by atoms with E-state index in [1.165, 1.54) is 0 Å². The number of hydrogen-bond donors (Lipinski definition) is 1. The highest BCUT2D eigenvalue weighted by Gasteiger charge is 2.32. The Labute approximate surface area is 111 Å². The van der Waals surface area contributed by atoms with Crippen LogP contribution in [-0.2, 0) is 4.79 Å². The normalized spacial score (nSPS) is 28.4. The molecule has 3 unspecified atom stereocenters. The van der Waals surface area contributed by atoms with Gasteiger partial charge in [-0.2, -0.15) is 0 Å². The second-order valence-corrected chi connectivity index (χ2v) is 6.07. The molecular formula is C14H29N3O. The Hall–Kier alpha value is -0.610. The molecule has 1 aliphatic carbocycles. The SMILES string of the molecule is CC1CC(N)CCC1C(=O)N(C)CCCN(C)C. The van der Waals surface area contributed by atoms with Crippen molar-refractivity contribution in [1.82, 2.24) is 9.80 Å². The molecule has 0 heterocycles. The first-order valence-corrected chi connectivity index (χ1v) is 7.07. The average Bonchev–Trinajstić information content (AvgIpc) is 2.27. The summed E-state index contributed by atoms with van der Waals surface area (Å²) in [5.74, 6) is 0.930. The molecule has 0 spiro atoms. The van der Waals surface area contributed by atoms with Crippen LogP contribution in [0.15, 0.2) is 0 Å². The van der Waals surface area contributed by atoms with E-state index in [1.807, 2.05) is 11.9 Å². The van der Waals surface area contributed by atoms with Crippen LogP contribution in [0, 0.1) is 11.8 Å². The van der Waals surface area contributed by atoms with Crippen LogP contribution in [0.5, 0.6) is 0 Å². The second-order valence-electron chi connectivity index (χ2n) is 6.07. The molecule has 106 valence electrons. The quantitative estimate of drug-likeness (QED) is 0.802. The van der Waals surface area contributed by atoms with E-state index < -0.39 is 0 Å². The minimum Gasteiger partial charge on any atom is -0.345 e. The van der Waals surface area contributed by atoms with E-state index in [0.717, 1.165) is 38.8 Å². The monoisotopic (exact) mass is 255 g/mol. The fraction of sp³-hybridized carbons (Fsp3) is 0.929. The molecule has 1 rings (SSSR count). The third kappa shape index (κ3) is 4.58. The molecule has 0 aliphatic heterocycles. The summed E-state index contributed by atoms with van der Waals surface area (Å²) in [6.07, 6.45) is 3.98. The van der Waals surface area contributed by atoms with Crippen LogP contribution in [-0.4, -0.2) is 56.0 Å². The Morgan fingerprint density at radius 3 is 2.44 bits per heavy atom. The molecular weight excluding hydrogens is 226 g/mol. The summed E-state index contributed by atoms with van der Waals surface area (Å²) in [5.41, 5.74) is 5.95. The van der Waals surface area contributed by atoms with Gasteiger partial charge in [-0.25, -0.2) is 0 Å². The lowest BCUT2D eigenvalue weighted by molar-refractivity contribution is -0.137. The largest absolute Gasteiger partial charge is 0.345 e. The molecule has 2 N–H and O–H groups in total. The molecule has 1 amide bonds. The molecule has 1 fully saturated rings. The summed E-state index contributed by atoms with van der Waals surface area (Å²) in [6.45, 7) is 4.05. The number of hydrogen-bond acceptors (Lipinski definition) is 3. The molecule has 0 aromatic heterocycles. The fourth-order valence-corrected chi connectivity index (χ4v) is 2.82. The summed E-state index contributed by atoms with van der Waals surface area (Å²) < 4.78 is 0. The number of nitrogens with zero attached hydrogens (tertiary/aromatic N) is 2. The van der Waals surface area contributed by atoms with Crippen molar-refractivity contribution in [1.29, 1.82) is 0 Å². The molecule has 0 aromatic carbocycles. The van der Waals surface area contributed by atoms with Gasteiger partial charge in [-0.3, -0.25) is 4.79 Å². The maximum absolute atomic E-state index is 12.4. The van der Waals surface area contributed by atoms with E-state index in [4.69, 9.17) is 5.73 Å². The standard InChI is InChI=1S/C14H29N3O/c1-11-10-12(15)6-7-13(11)14(18)17(4)9-5-8-16(2)3/h11-13H,5-10,15H2,1-4H3. The molecule has 0 saturated heterocycles. The molecule has 0 bridgehead atoms. The molecule has 4 heteroatoms. The van der Waals surface area contributed by atoms with Crippen LogP contribution in [0.1, 0.15) is 32.6 Å². The van der Waals surface area contributed by atoms with Crippen molar-refractivity contribution in [2.75, 3.05) is 34.2 Å². The predicted octanol–water partition coefficient (Wildman–Crippen LogP) is 1.16. The first-order valence-electron chi connectivity index (χ1n) is 7.07. The topological polar surface area (TPSA) is 49.6 Å². The number of rotatable bonds is 5. The van der Waals surface area contributed by atoms with Gasteiger partial charge in [-0.05, 0) is 52.2 Å². The van der Waals surface area contributed by atoms with Crippen molar-refractivity contribution in [3.63, 3.8) is 0 Å². The number of nitrogens with two attached hydrogens (primary N) is 1. The molecule has 0 radical (unpaired) electrons. The molecule has 4 nitrogen and oxygen atoms in total. The van der Waals surface area contributed by atoms with Crippen LogP contribution in [0.25, 0.3) is 0 Å². The summed E-state index contributed by atoms with van der Waals surface area (Å²) in [4.78, 5) is 16.4. The van der Waals surface area contributed by atoms with E-state index in [1.54, 1.807) is 0 Å². The van der Waals surface area contributed by atoms with Crippen molar-refractivity contribution in [3.05, 3.63) is 0 Å². The van der Waals surface area contributed by atoms with Gasteiger partial charge < -0.3 is 15.5 Å². The van der Waals surface area contributed by atoms with Gasteiger partial charge in [0.1, 0.15) is 0 Å². The Balaban J connectivity index is 2.38. The van der Waals surface area contributed by atoms with Crippen LogP contribution in [0.4, 0.5) is 0 Å². The molecule has 18 heavy (non-hydrogen) atoms. The fourth-order valence-electron chi connectivity index (χ4n) is 2.82. The highest BCUT2D eigenvalue weighted by Crippen LogP contribution is 2.30. The van der Waals surface area contributed by atoms with Gasteiger partial charge in [-0.1, -0.05) is 6.92 Å². The third-order valence-electron chi connectivity index (χ3n) is 4.00. The Kier molecular flexibility index (Phi) is 6.09. The van der Waals surface area contributed by atoms with Gasteiger partial charge in [0.05, 0.1) is 0 Å². The Morgan fingerprint density at radius 2 is 1.89 bits per heavy atom. The van der Waals surface area contributed by atoms with Crippen LogP contribution in [0.3, 0.4) is 0 Å². The number of amides is 1. The van der Waals surface area contributed by atoms with Crippen LogP contribution >= 0.6 is 0 Å². The van der Waals surface area contributed by atoms with Gasteiger partial charge in [-0.15, -0.1) is 0 Å². The first kappa shape index (κ1) is 15.4. The lowest BCUT2D eigenvalue weighted by atomic mass is 9.77. The van der Waals surface area contributed by atoms with E-state index in [0.29, 0.717) is 17.9 Å². The average molecular weight is 255 g/mol. The lowest BCUT2D eigenvalue weighted by Gasteiger charge is -2.34. The zero-order chi connectivity index (χ0) is 13.7. The highest BCUT2D eigenvalue weighted by atomic mass is 16.2. The molecule has 1 aliphatic rings. The smallest absolute Gasteiger partial charge is 0.225 e. The first-order chi connectivity index (χ1) is 8.41. The van der Waals surface area contributed by atoms with Gasteiger partial charge >= 0.3 is 0 Å². The van der Waals surface area contributed by atoms with Gasteiger partial charge in [0, 0.05) is 25.6 Å². The molecule has 3 atom stereocenters. The second kappa shape index (κ2) is 7.10. The number of carbonyl (C=O) groups excluding carboxylic acids is 1. The summed E-state index contributed by atoms with van der Waals surface area (Å²) in [5, 5.41) is 0. The predicted molar refractivity (Wildman–Crippen MR) is 75.3 cm³/mol. The summed E-state index contributed by atoms with van der Waals surface area (Å²) in [6, 6.07) is 0.295. The molecule has 1 saturated carbocycles. The summed E-state index contributed by atoms with van der Waals surface area (Å²) >= 11 is 0. The van der Waals surface area contributed by atoms with Crippen LogP contribution in [0.2, 0.25) is 0 Å². The highest BCUT2D eigenvalue weighted by molar-refractivity contribution is 5.79.